The van der Waals surface area contributed by atoms with Gasteiger partial charge >= 0.3 is 12.1 Å². The lowest BCUT2D eigenvalue weighted by Gasteiger charge is -2.16. The molecule has 1 atom stereocenters. The second-order valence-corrected chi connectivity index (χ2v) is 3.54. The van der Waals surface area contributed by atoms with Gasteiger partial charge in [-0.1, -0.05) is 13.0 Å². The quantitative estimate of drug-likeness (QED) is 0.858. The number of carboxylic acids is 1. The number of hydrogen-bond acceptors (Lipinski definition) is 3. The normalized spacial score (nSPS) is 13.2. The fraction of sp³-hybridized carbons (Fsp3) is 0.400. The summed E-state index contributed by atoms with van der Waals surface area (Å²) in [6.07, 6.45) is -4.28. The Morgan fingerprint density at radius 3 is 2.71 bits per heavy atom. The highest BCUT2D eigenvalue weighted by molar-refractivity contribution is 5.85. The van der Waals surface area contributed by atoms with E-state index in [1.807, 2.05) is 0 Å². The number of hydrogen-bond donors (Lipinski definition) is 2. The molecule has 0 aliphatic carbocycles. The first-order valence-corrected chi connectivity index (χ1v) is 4.81. The van der Waals surface area contributed by atoms with E-state index in [1.165, 1.54) is 18.2 Å². The van der Waals surface area contributed by atoms with Crippen molar-refractivity contribution in [2.24, 2.45) is 5.92 Å². The van der Waals surface area contributed by atoms with Gasteiger partial charge in [-0.05, 0) is 12.1 Å². The molecule has 0 aromatic carbocycles. The van der Waals surface area contributed by atoms with Crippen LogP contribution < -0.4 is 5.32 Å². The van der Waals surface area contributed by atoms with Crippen molar-refractivity contribution in [1.82, 2.24) is 4.98 Å². The zero-order chi connectivity index (χ0) is 13.1. The van der Waals surface area contributed by atoms with Crippen molar-refractivity contribution in [2.75, 3.05) is 11.9 Å². The first-order chi connectivity index (χ1) is 7.80. The Balaban J connectivity index is 2.64. The lowest BCUT2D eigenvalue weighted by molar-refractivity contribution is -0.165. The summed E-state index contributed by atoms with van der Waals surface area (Å²) < 4.78 is 36.6. The number of carboxylic acid groups (broad SMARTS) is 1. The highest BCUT2D eigenvalue weighted by atomic mass is 19.4. The molecular formula is C10H11F3N2O2. The SMILES string of the molecule is CC(CNc1cccc(C(=O)O)n1)C(F)(F)F. The monoisotopic (exact) mass is 248 g/mol. The van der Waals surface area contributed by atoms with E-state index in [-0.39, 0.29) is 18.1 Å². The van der Waals surface area contributed by atoms with E-state index < -0.39 is 18.1 Å². The van der Waals surface area contributed by atoms with E-state index in [0.717, 1.165) is 6.92 Å². The van der Waals surface area contributed by atoms with E-state index in [9.17, 15) is 18.0 Å². The van der Waals surface area contributed by atoms with Crippen molar-refractivity contribution < 1.29 is 23.1 Å². The van der Waals surface area contributed by atoms with Crippen LogP contribution in [0.5, 0.6) is 0 Å². The van der Waals surface area contributed by atoms with E-state index in [0.29, 0.717) is 0 Å². The van der Waals surface area contributed by atoms with Gasteiger partial charge in [-0.25, -0.2) is 9.78 Å². The van der Waals surface area contributed by atoms with Crippen LogP contribution in [0.3, 0.4) is 0 Å². The van der Waals surface area contributed by atoms with Gasteiger partial charge in [0.2, 0.25) is 0 Å². The minimum Gasteiger partial charge on any atom is -0.477 e. The molecule has 0 bridgehead atoms. The Hall–Kier alpha value is -1.79. The first-order valence-electron chi connectivity index (χ1n) is 4.81. The van der Waals surface area contributed by atoms with Crippen molar-refractivity contribution in [2.45, 2.75) is 13.1 Å². The summed E-state index contributed by atoms with van der Waals surface area (Å²) in [7, 11) is 0. The summed E-state index contributed by atoms with van der Waals surface area (Å²) in [5.74, 6) is -2.64. The highest BCUT2D eigenvalue weighted by Crippen LogP contribution is 2.25. The van der Waals surface area contributed by atoms with Gasteiger partial charge in [-0.2, -0.15) is 13.2 Å². The summed E-state index contributed by atoms with van der Waals surface area (Å²) in [6, 6.07) is 4.09. The van der Waals surface area contributed by atoms with E-state index in [1.54, 1.807) is 0 Å². The number of pyridine rings is 1. The lowest BCUT2D eigenvalue weighted by Crippen LogP contribution is -2.27. The summed E-state index contributed by atoms with van der Waals surface area (Å²) in [6.45, 7) is 0.688. The summed E-state index contributed by atoms with van der Waals surface area (Å²) >= 11 is 0. The van der Waals surface area contributed by atoms with Crippen LogP contribution in [0.15, 0.2) is 18.2 Å². The number of nitrogens with one attached hydrogen (secondary N) is 1. The molecule has 0 amide bonds. The molecule has 17 heavy (non-hydrogen) atoms. The molecule has 1 aromatic rings. The minimum atomic E-state index is -4.28. The third kappa shape index (κ3) is 3.93. The van der Waals surface area contributed by atoms with Crippen molar-refractivity contribution in [3.63, 3.8) is 0 Å². The Morgan fingerprint density at radius 2 is 2.18 bits per heavy atom. The molecule has 0 fully saturated rings. The van der Waals surface area contributed by atoms with Crippen LogP contribution in [-0.2, 0) is 0 Å². The molecule has 1 aromatic heterocycles. The molecule has 0 saturated heterocycles. The molecule has 1 heterocycles. The van der Waals surface area contributed by atoms with Gasteiger partial charge in [0.1, 0.15) is 5.82 Å². The van der Waals surface area contributed by atoms with E-state index in [4.69, 9.17) is 5.11 Å². The second kappa shape index (κ2) is 5.03. The van der Waals surface area contributed by atoms with Crippen molar-refractivity contribution >= 4 is 11.8 Å². The third-order valence-electron chi connectivity index (χ3n) is 2.12. The Labute approximate surface area is 95.5 Å². The van der Waals surface area contributed by atoms with Crippen LogP contribution in [0.1, 0.15) is 17.4 Å². The zero-order valence-electron chi connectivity index (χ0n) is 8.95. The summed E-state index contributed by atoms with van der Waals surface area (Å²) in [4.78, 5) is 14.2. The second-order valence-electron chi connectivity index (χ2n) is 3.54. The van der Waals surface area contributed by atoms with Crippen molar-refractivity contribution in [3.05, 3.63) is 23.9 Å². The van der Waals surface area contributed by atoms with Crippen LogP contribution in [0.4, 0.5) is 19.0 Å². The number of anilines is 1. The molecule has 0 saturated carbocycles. The Morgan fingerprint density at radius 1 is 1.53 bits per heavy atom. The number of nitrogens with zero attached hydrogens (tertiary/aromatic N) is 1. The topological polar surface area (TPSA) is 62.2 Å². The van der Waals surface area contributed by atoms with Gasteiger partial charge in [0.25, 0.3) is 0 Å². The van der Waals surface area contributed by atoms with Crippen molar-refractivity contribution in [3.8, 4) is 0 Å². The van der Waals surface area contributed by atoms with Crippen molar-refractivity contribution in [1.29, 1.82) is 0 Å². The zero-order valence-corrected chi connectivity index (χ0v) is 8.95. The van der Waals surface area contributed by atoms with Crippen LogP contribution in [0, 0.1) is 5.92 Å². The smallest absolute Gasteiger partial charge is 0.393 e. The number of aromatic carboxylic acids is 1. The summed E-state index contributed by atoms with van der Waals surface area (Å²) in [5.41, 5.74) is -0.213. The molecule has 7 heteroatoms. The third-order valence-corrected chi connectivity index (χ3v) is 2.12. The standard InChI is InChI=1S/C10H11F3N2O2/c1-6(10(11,12)13)5-14-8-4-2-3-7(15-8)9(16)17/h2-4,6H,5H2,1H3,(H,14,15)(H,16,17). The fourth-order valence-electron chi connectivity index (χ4n) is 1.03. The molecule has 0 radical (unpaired) electrons. The molecule has 0 spiro atoms. The highest BCUT2D eigenvalue weighted by Gasteiger charge is 2.35. The van der Waals surface area contributed by atoms with Gasteiger partial charge in [0, 0.05) is 6.54 Å². The van der Waals surface area contributed by atoms with Crippen LogP contribution in [-0.4, -0.2) is 28.8 Å². The fourth-order valence-corrected chi connectivity index (χ4v) is 1.03. The largest absolute Gasteiger partial charge is 0.477 e. The Kier molecular flexibility index (Phi) is 3.93. The molecule has 2 N–H and O–H groups in total. The maximum atomic E-state index is 12.2. The molecule has 94 valence electrons. The number of halogens is 3. The van der Waals surface area contributed by atoms with Gasteiger partial charge in [0.05, 0.1) is 5.92 Å². The first kappa shape index (κ1) is 13.3. The minimum absolute atomic E-state index is 0.112. The van der Waals surface area contributed by atoms with Gasteiger partial charge in [0.15, 0.2) is 5.69 Å². The van der Waals surface area contributed by atoms with Crippen LogP contribution >= 0.6 is 0 Å². The predicted molar refractivity (Wildman–Crippen MR) is 54.9 cm³/mol. The maximum Gasteiger partial charge on any atom is 0.393 e. The molecule has 1 unspecified atom stereocenters. The average molecular weight is 248 g/mol. The molecule has 0 aliphatic heterocycles. The molecule has 4 nitrogen and oxygen atoms in total. The average Bonchev–Trinajstić information content (AvgIpc) is 2.25. The predicted octanol–water partition coefficient (Wildman–Crippen LogP) is 2.39. The van der Waals surface area contributed by atoms with Gasteiger partial charge in [-0.3, -0.25) is 0 Å². The maximum absolute atomic E-state index is 12.2. The Bertz CT molecular complexity index is 407. The number of alkyl halides is 3. The van der Waals surface area contributed by atoms with E-state index >= 15 is 0 Å². The van der Waals surface area contributed by atoms with E-state index in [2.05, 4.69) is 10.3 Å². The number of rotatable bonds is 4. The molecule has 1 rings (SSSR count). The lowest BCUT2D eigenvalue weighted by atomic mass is 10.2. The van der Waals surface area contributed by atoms with Gasteiger partial charge in [-0.15, -0.1) is 0 Å². The summed E-state index contributed by atoms with van der Waals surface area (Å²) in [5, 5.41) is 11.1. The molecular weight excluding hydrogens is 237 g/mol. The van der Waals surface area contributed by atoms with Crippen LogP contribution in [0.2, 0.25) is 0 Å². The van der Waals surface area contributed by atoms with Crippen LogP contribution in [0.25, 0.3) is 0 Å². The number of aromatic nitrogens is 1. The van der Waals surface area contributed by atoms with Gasteiger partial charge < -0.3 is 10.4 Å². The number of carbonyl (C=O) groups is 1. The molecule has 0 aliphatic rings.